The van der Waals surface area contributed by atoms with Gasteiger partial charge in [0.15, 0.2) is 0 Å². The fourth-order valence-electron chi connectivity index (χ4n) is 3.10. The van der Waals surface area contributed by atoms with Crippen molar-refractivity contribution in [2.75, 3.05) is 42.9 Å². The highest BCUT2D eigenvalue weighted by molar-refractivity contribution is 6.31. The molecule has 2 aromatic rings. The molecule has 1 heterocycles. The van der Waals surface area contributed by atoms with E-state index in [1.165, 1.54) is 11.3 Å². The Morgan fingerprint density at radius 3 is 2.65 bits per heavy atom. The van der Waals surface area contributed by atoms with Crippen LogP contribution in [0.5, 0.6) is 0 Å². The molecular formula is C20H21ClN4O. The van der Waals surface area contributed by atoms with Crippen molar-refractivity contribution in [1.82, 2.24) is 4.90 Å². The van der Waals surface area contributed by atoms with E-state index in [1.54, 1.807) is 18.2 Å². The highest BCUT2D eigenvalue weighted by Crippen LogP contribution is 2.21. The highest BCUT2D eigenvalue weighted by atomic mass is 35.5. The van der Waals surface area contributed by atoms with Crippen LogP contribution in [-0.2, 0) is 4.79 Å². The molecule has 0 unspecified atom stereocenters. The fraction of sp³-hybridized carbons (Fsp3) is 0.300. The van der Waals surface area contributed by atoms with Gasteiger partial charge in [-0.25, -0.2) is 0 Å². The number of rotatable bonds is 4. The second-order valence-corrected chi connectivity index (χ2v) is 6.89. The maximum Gasteiger partial charge on any atom is 0.238 e. The summed E-state index contributed by atoms with van der Waals surface area (Å²) >= 11 is 5.96. The third-order valence-electron chi connectivity index (χ3n) is 4.48. The van der Waals surface area contributed by atoms with E-state index >= 15 is 0 Å². The molecule has 0 radical (unpaired) electrons. The molecule has 1 aliphatic heterocycles. The third-order valence-corrected chi connectivity index (χ3v) is 4.72. The molecule has 1 aliphatic rings. The van der Waals surface area contributed by atoms with Crippen LogP contribution in [0.2, 0.25) is 5.02 Å². The Bertz CT molecular complexity index is 838. The van der Waals surface area contributed by atoms with Crippen LogP contribution in [0.1, 0.15) is 11.1 Å². The van der Waals surface area contributed by atoms with E-state index in [4.69, 9.17) is 16.9 Å². The SMILES string of the molecule is Cc1cccc(N2CCN(CC(=O)Nc3cc(Cl)ccc3C#N)CC2)c1. The number of anilines is 2. The Kier molecular flexibility index (Phi) is 5.77. The molecule has 0 spiro atoms. The van der Waals surface area contributed by atoms with Gasteiger partial charge in [-0.1, -0.05) is 23.7 Å². The van der Waals surface area contributed by atoms with Gasteiger partial charge in [-0.15, -0.1) is 0 Å². The largest absolute Gasteiger partial charge is 0.369 e. The van der Waals surface area contributed by atoms with Crippen molar-refractivity contribution in [1.29, 1.82) is 5.26 Å². The number of hydrogen-bond acceptors (Lipinski definition) is 4. The normalized spacial score (nSPS) is 14.7. The number of nitrogens with one attached hydrogen (secondary N) is 1. The van der Waals surface area contributed by atoms with E-state index in [1.807, 2.05) is 0 Å². The van der Waals surface area contributed by atoms with Crippen molar-refractivity contribution in [2.45, 2.75) is 6.92 Å². The Labute approximate surface area is 158 Å². The summed E-state index contributed by atoms with van der Waals surface area (Å²) in [5.41, 5.74) is 3.35. The van der Waals surface area contributed by atoms with Gasteiger partial charge in [0, 0.05) is 36.9 Å². The second-order valence-electron chi connectivity index (χ2n) is 6.45. The quantitative estimate of drug-likeness (QED) is 0.899. The average molecular weight is 369 g/mol. The summed E-state index contributed by atoms with van der Waals surface area (Å²) in [7, 11) is 0. The first-order valence-corrected chi connectivity index (χ1v) is 8.96. The van der Waals surface area contributed by atoms with Crippen LogP contribution in [0.25, 0.3) is 0 Å². The van der Waals surface area contributed by atoms with Crippen molar-refractivity contribution < 1.29 is 4.79 Å². The van der Waals surface area contributed by atoms with Crippen LogP contribution >= 0.6 is 11.6 Å². The zero-order valence-corrected chi connectivity index (χ0v) is 15.5. The van der Waals surface area contributed by atoms with Crippen molar-refractivity contribution in [3.8, 4) is 6.07 Å². The minimum atomic E-state index is -0.132. The number of amides is 1. The molecule has 6 heteroatoms. The maximum absolute atomic E-state index is 12.3. The number of aryl methyl sites for hydroxylation is 1. The molecule has 0 bridgehead atoms. The lowest BCUT2D eigenvalue weighted by atomic mass is 10.2. The van der Waals surface area contributed by atoms with Gasteiger partial charge in [0.2, 0.25) is 5.91 Å². The van der Waals surface area contributed by atoms with Crippen molar-refractivity contribution in [2.24, 2.45) is 0 Å². The third kappa shape index (κ3) is 4.54. The molecule has 2 aromatic carbocycles. The van der Waals surface area contributed by atoms with Crippen LogP contribution in [0.3, 0.4) is 0 Å². The summed E-state index contributed by atoms with van der Waals surface area (Å²) in [4.78, 5) is 16.8. The minimum absolute atomic E-state index is 0.132. The average Bonchev–Trinajstić information content (AvgIpc) is 2.62. The van der Waals surface area contributed by atoms with Gasteiger partial charge in [-0.3, -0.25) is 9.69 Å². The molecule has 1 N–H and O–H groups in total. The topological polar surface area (TPSA) is 59.4 Å². The number of hydrogen-bond donors (Lipinski definition) is 1. The number of piperazine rings is 1. The Balaban J connectivity index is 1.54. The van der Waals surface area contributed by atoms with E-state index in [0.717, 1.165) is 26.2 Å². The van der Waals surface area contributed by atoms with Crippen molar-refractivity contribution in [3.05, 3.63) is 58.6 Å². The van der Waals surface area contributed by atoms with E-state index in [2.05, 4.69) is 52.4 Å². The minimum Gasteiger partial charge on any atom is -0.369 e. The Hall–Kier alpha value is -2.55. The van der Waals surface area contributed by atoms with Gasteiger partial charge in [-0.05, 0) is 42.8 Å². The first-order valence-electron chi connectivity index (χ1n) is 8.58. The Morgan fingerprint density at radius 2 is 1.96 bits per heavy atom. The van der Waals surface area contributed by atoms with E-state index in [0.29, 0.717) is 22.8 Å². The molecule has 26 heavy (non-hydrogen) atoms. The van der Waals surface area contributed by atoms with Crippen LogP contribution in [0.4, 0.5) is 11.4 Å². The van der Waals surface area contributed by atoms with E-state index in [-0.39, 0.29) is 5.91 Å². The number of nitrogens with zero attached hydrogens (tertiary/aromatic N) is 3. The number of halogens is 1. The number of carbonyl (C=O) groups is 1. The number of carbonyl (C=O) groups excluding carboxylic acids is 1. The molecule has 3 rings (SSSR count). The van der Waals surface area contributed by atoms with Crippen LogP contribution in [0.15, 0.2) is 42.5 Å². The molecule has 0 saturated carbocycles. The standard InChI is InChI=1S/C20H21ClN4O/c1-15-3-2-4-18(11-15)25-9-7-24(8-10-25)14-20(26)23-19-12-17(21)6-5-16(19)13-22/h2-6,11-12H,7-10,14H2,1H3,(H,23,26). The zero-order chi connectivity index (χ0) is 18.5. The van der Waals surface area contributed by atoms with Gasteiger partial charge >= 0.3 is 0 Å². The summed E-state index contributed by atoms with van der Waals surface area (Å²) in [5, 5.41) is 12.4. The fourth-order valence-corrected chi connectivity index (χ4v) is 3.27. The second kappa shape index (κ2) is 8.22. The van der Waals surface area contributed by atoms with E-state index in [9.17, 15) is 4.79 Å². The molecule has 0 aromatic heterocycles. The lowest BCUT2D eigenvalue weighted by Gasteiger charge is -2.35. The lowest BCUT2D eigenvalue weighted by molar-refractivity contribution is -0.117. The van der Waals surface area contributed by atoms with Gasteiger partial charge in [-0.2, -0.15) is 5.26 Å². The predicted molar refractivity (Wildman–Crippen MR) is 105 cm³/mol. The van der Waals surface area contributed by atoms with Gasteiger partial charge in [0.05, 0.1) is 17.8 Å². The molecule has 134 valence electrons. The van der Waals surface area contributed by atoms with Crippen molar-refractivity contribution in [3.63, 3.8) is 0 Å². The molecule has 0 atom stereocenters. The summed E-state index contributed by atoms with van der Waals surface area (Å²) < 4.78 is 0. The predicted octanol–water partition coefficient (Wildman–Crippen LogP) is 3.28. The summed E-state index contributed by atoms with van der Waals surface area (Å²) in [6.45, 7) is 5.81. The van der Waals surface area contributed by atoms with Crippen LogP contribution in [0, 0.1) is 18.3 Å². The van der Waals surface area contributed by atoms with Gasteiger partial charge < -0.3 is 10.2 Å². The first-order chi connectivity index (χ1) is 12.5. The smallest absolute Gasteiger partial charge is 0.238 e. The monoisotopic (exact) mass is 368 g/mol. The zero-order valence-electron chi connectivity index (χ0n) is 14.7. The molecule has 1 fully saturated rings. The molecular weight excluding hydrogens is 348 g/mol. The van der Waals surface area contributed by atoms with Crippen LogP contribution < -0.4 is 10.2 Å². The molecule has 1 amide bonds. The van der Waals surface area contributed by atoms with Gasteiger partial charge in [0.25, 0.3) is 0 Å². The molecule has 0 aliphatic carbocycles. The maximum atomic E-state index is 12.3. The Morgan fingerprint density at radius 1 is 1.19 bits per heavy atom. The molecule has 5 nitrogen and oxygen atoms in total. The van der Waals surface area contributed by atoms with Gasteiger partial charge in [0.1, 0.15) is 6.07 Å². The van der Waals surface area contributed by atoms with Crippen LogP contribution in [-0.4, -0.2) is 43.5 Å². The van der Waals surface area contributed by atoms with Crippen molar-refractivity contribution >= 4 is 28.9 Å². The highest BCUT2D eigenvalue weighted by Gasteiger charge is 2.19. The summed E-state index contributed by atoms with van der Waals surface area (Å²) in [6, 6.07) is 15.4. The van der Waals surface area contributed by atoms with E-state index < -0.39 is 0 Å². The summed E-state index contributed by atoms with van der Waals surface area (Å²) in [5.74, 6) is -0.132. The first kappa shape index (κ1) is 18.2. The summed E-state index contributed by atoms with van der Waals surface area (Å²) in [6.07, 6.45) is 0. The lowest BCUT2D eigenvalue weighted by Crippen LogP contribution is -2.48. The number of nitriles is 1. The molecule has 1 saturated heterocycles. The number of benzene rings is 2.